The Morgan fingerprint density at radius 3 is 1.23 bits per heavy atom. The van der Waals surface area contributed by atoms with Gasteiger partial charge in [0.15, 0.2) is 6.10 Å². The zero-order chi connectivity index (χ0) is 44.2. The number of esters is 2. The molecule has 0 rings (SSSR count). The summed E-state index contributed by atoms with van der Waals surface area (Å²) in [6.07, 6.45) is 45.7. The van der Waals surface area contributed by atoms with E-state index in [1.54, 1.807) is 0 Å². The van der Waals surface area contributed by atoms with E-state index in [1.165, 1.54) is 148 Å². The smallest absolute Gasteiger partial charge is 0.472 e. The summed E-state index contributed by atoms with van der Waals surface area (Å²) in [7, 11) is -4.71. The maximum absolute atomic E-state index is 12.7. The van der Waals surface area contributed by atoms with Gasteiger partial charge in [0.2, 0.25) is 0 Å². The van der Waals surface area contributed by atoms with Gasteiger partial charge < -0.3 is 25.2 Å². The average molecular weight is 874 g/mol. The van der Waals surface area contributed by atoms with Gasteiger partial charge in [-0.05, 0) is 38.5 Å². The van der Waals surface area contributed by atoms with Crippen LogP contribution in [0.25, 0.3) is 0 Å². The van der Waals surface area contributed by atoms with Crippen molar-refractivity contribution < 1.29 is 47.5 Å². The number of carboxylic acid groups (broad SMARTS) is 1. The van der Waals surface area contributed by atoms with Crippen LogP contribution in [0.5, 0.6) is 0 Å². The highest BCUT2D eigenvalue weighted by molar-refractivity contribution is 7.47. The van der Waals surface area contributed by atoms with Crippen molar-refractivity contribution in [3.63, 3.8) is 0 Å². The highest BCUT2D eigenvalue weighted by Gasteiger charge is 2.28. The molecular formula is C48H92NO10P. The lowest BCUT2D eigenvalue weighted by Crippen LogP contribution is -2.34. The van der Waals surface area contributed by atoms with Gasteiger partial charge in [-0.15, -0.1) is 0 Å². The molecule has 0 bridgehead atoms. The van der Waals surface area contributed by atoms with Crippen molar-refractivity contribution in [3.05, 3.63) is 12.2 Å². The number of rotatable bonds is 47. The van der Waals surface area contributed by atoms with Crippen LogP contribution in [0.2, 0.25) is 0 Å². The Balaban J connectivity index is 4.18. The number of aliphatic carboxylic acids is 1. The lowest BCUT2D eigenvalue weighted by Gasteiger charge is -2.20. The summed E-state index contributed by atoms with van der Waals surface area (Å²) < 4.78 is 32.8. The number of nitrogens with two attached hydrogens (primary N) is 1. The first kappa shape index (κ1) is 58.2. The van der Waals surface area contributed by atoms with Crippen molar-refractivity contribution in [2.75, 3.05) is 19.8 Å². The van der Waals surface area contributed by atoms with E-state index in [0.29, 0.717) is 12.8 Å². The molecule has 0 aliphatic heterocycles. The average Bonchev–Trinajstić information content (AvgIpc) is 3.22. The maximum atomic E-state index is 12.7. The van der Waals surface area contributed by atoms with Crippen molar-refractivity contribution >= 4 is 25.7 Å². The summed E-state index contributed by atoms with van der Waals surface area (Å²) in [6.45, 7) is 2.82. The van der Waals surface area contributed by atoms with E-state index >= 15 is 0 Å². The number of phosphoric acid groups is 1. The van der Waals surface area contributed by atoms with Gasteiger partial charge in [0.25, 0.3) is 0 Å². The molecule has 0 radical (unpaired) electrons. The number of carbonyl (C=O) groups excluding carboxylic acids is 2. The van der Waals surface area contributed by atoms with Gasteiger partial charge in [-0.1, -0.05) is 206 Å². The third kappa shape index (κ3) is 42.9. The molecule has 0 aromatic carbocycles. The van der Waals surface area contributed by atoms with Crippen LogP contribution in [0.1, 0.15) is 245 Å². The van der Waals surface area contributed by atoms with Gasteiger partial charge in [-0.2, -0.15) is 0 Å². The number of unbranched alkanes of at least 4 members (excludes halogenated alkanes) is 31. The van der Waals surface area contributed by atoms with E-state index in [-0.39, 0.29) is 19.4 Å². The number of hydrogen-bond acceptors (Lipinski definition) is 9. The van der Waals surface area contributed by atoms with Gasteiger partial charge in [0, 0.05) is 12.8 Å². The van der Waals surface area contributed by atoms with Crippen LogP contribution in [-0.2, 0) is 37.5 Å². The minimum absolute atomic E-state index is 0.166. The first-order chi connectivity index (χ1) is 29.1. The van der Waals surface area contributed by atoms with E-state index in [1.807, 2.05) is 0 Å². The zero-order valence-electron chi connectivity index (χ0n) is 38.6. The van der Waals surface area contributed by atoms with Crippen molar-refractivity contribution in [1.29, 1.82) is 0 Å². The second-order valence-corrected chi connectivity index (χ2v) is 18.4. The Labute approximate surface area is 367 Å². The number of carbonyl (C=O) groups is 3. The predicted molar refractivity (Wildman–Crippen MR) is 245 cm³/mol. The molecule has 0 aliphatic rings. The number of phosphoric ester groups is 1. The van der Waals surface area contributed by atoms with Gasteiger partial charge in [-0.3, -0.25) is 23.4 Å². The molecule has 0 saturated carbocycles. The number of hydrogen-bond donors (Lipinski definition) is 3. The summed E-state index contributed by atoms with van der Waals surface area (Å²) >= 11 is 0. The van der Waals surface area contributed by atoms with Crippen LogP contribution in [0.3, 0.4) is 0 Å². The van der Waals surface area contributed by atoms with Crippen LogP contribution in [0.4, 0.5) is 0 Å². The van der Waals surface area contributed by atoms with E-state index in [2.05, 4.69) is 30.5 Å². The summed E-state index contributed by atoms with van der Waals surface area (Å²) in [4.78, 5) is 46.1. The highest BCUT2D eigenvalue weighted by atomic mass is 31.2. The van der Waals surface area contributed by atoms with E-state index < -0.39 is 51.1 Å². The SMILES string of the molecule is CCCCCC/C=C/CCCCCCCC(=O)OC[C@@H](COP(=O)(O)OC[C@H](N)C(=O)O)OC(=O)CCCCCCCCCCCCCCCCCCCCCCCCC. The lowest BCUT2D eigenvalue weighted by molar-refractivity contribution is -0.161. The first-order valence-electron chi connectivity index (χ1n) is 24.7. The molecule has 0 aliphatic carbocycles. The Morgan fingerprint density at radius 2 is 0.833 bits per heavy atom. The molecule has 11 nitrogen and oxygen atoms in total. The van der Waals surface area contributed by atoms with Crippen molar-refractivity contribution in [3.8, 4) is 0 Å². The third-order valence-electron chi connectivity index (χ3n) is 11.0. The normalized spacial score (nSPS) is 13.7. The number of ether oxygens (including phenoxy) is 2. The summed E-state index contributed by atoms with van der Waals surface area (Å²) in [5.41, 5.74) is 5.34. The van der Waals surface area contributed by atoms with Crippen LogP contribution < -0.4 is 5.73 Å². The number of carboxylic acids is 1. The molecule has 354 valence electrons. The number of allylic oxidation sites excluding steroid dienone is 2. The van der Waals surface area contributed by atoms with E-state index in [0.717, 1.165) is 57.8 Å². The van der Waals surface area contributed by atoms with E-state index in [9.17, 15) is 23.8 Å². The fourth-order valence-corrected chi connectivity index (χ4v) is 7.90. The molecule has 0 heterocycles. The molecule has 60 heavy (non-hydrogen) atoms. The second-order valence-electron chi connectivity index (χ2n) is 17.0. The first-order valence-corrected chi connectivity index (χ1v) is 26.2. The lowest BCUT2D eigenvalue weighted by atomic mass is 10.0. The largest absolute Gasteiger partial charge is 0.480 e. The molecule has 0 spiro atoms. The Bertz CT molecular complexity index is 1070. The minimum Gasteiger partial charge on any atom is -0.480 e. The molecule has 3 atom stereocenters. The van der Waals surface area contributed by atoms with Crippen LogP contribution in [-0.4, -0.2) is 59.9 Å². The predicted octanol–water partition coefficient (Wildman–Crippen LogP) is 13.6. The van der Waals surface area contributed by atoms with Crippen molar-refractivity contribution in [1.82, 2.24) is 0 Å². The van der Waals surface area contributed by atoms with Crippen LogP contribution >= 0.6 is 7.82 Å². The topological polar surface area (TPSA) is 172 Å². The van der Waals surface area contributed by atoms with Crippen LogP contribution in [0.15, 0.2) is 12.2 Å². The fraction of sp³-hybridized carbons (Fsp3) is 0.896. The molecule has 0 saturated heterocycles. The highest BCUT2D eigenvalue weighted by Crippen LogP contribution is 2.43. The zero-order valence-corrected chi connectivity index (χ0v) is 39.5. The van der Waals surface area contributed by atoms with Gasteiger partial charge in [0.05, 0.1) is 13.2 Å². The monoisotopic (exact) mass is 874 g/mol. The Morgan fingerprint density at radius 1 is 0.500 bits per heavy atom. The third-order valence-corrected chi connectivity index (χ3v) is 12.0. The van der Waals surface area contributed by atoms with Crippen molar-refractivity contribution in [2.24, 2.45) is 5.73 Å². The van der Waals surface area contributed by atoms with E-state index in [4.69, 9.17) is 24.8 Å². The standard InChI is InChI=1S/C48H92NO10P/c1-3-5-7-9-11-13-15-17-18-19-20-21-22-23-24-25-26-28-30-32-34-36-38-40-47(51)59-44(42-57-60(54,55)58-43-45(49)48(52)53)41-56-46(50)39-37-35-33-31-29-27-16-14-12-10-8-6-4-2/h14,16,44-45H,3-13,15,17-43,49H2,1-2H3,(H,52,53)(H,54,55)/b16-14+/t44-,45-/m0/s1. The second kappa shape index (κ2) is 43.9. The molecule has 12 heteroatoms. The van der Waals surface area contributed by atoms with Crippen LogP contribution in [0, 0.1) is 0 Å². The molecule has 0 fully saturated rings. The fourth-order valence-electron chi connectivity index (χ4n) is 7.12. The molecule has 0 aromatic heterocycles. The minimum atomic E-state index is -4.71. The summed E-state index contributed by atoms with van der Waals surface area (Å²) in [5.74, 6) is -2.37. The molecular weight excluding hydrogens is 781 g/mol. The molecule has 0 aromatic rings. The molecule has 0 amide bonds. The molecule has 4 N–H and O–H groups in total. The quantitative estimate of drug-likeness (QED) is 0.0230. The van der Waals surface area contributed by atoms with Gasteiger partial charge in [0.1, 0.15) is 12.6 Å². The summed E-state index contributed by atoms with van der Waals surface area (Å²) in [6, 6.07) is -1.52. The maximum Gasteiger partial charge on any atom is 0.472 e. The Hall–Kier alpha value is -1.78. The molecule has 1 unspecified atom stereocenters. The summed E-state index contributed by atoms with van der Waals surface area (Å²) in [5, 5.41) is 8.90. The Kier molecular flexibility index (Phi) is 42.6. The van der Waals surface area contributed by atoms with Crippen molar-refractivity contribution in [2.45, 2.75) is 257 Å². The van der Waals surface area contributed by atoms with Gasteiger partial charge in [-0.25, -0.2) is 4.57 Å². The van der Waals surface area contributed by atoms with Gasteiger partial charge >= 0.3 is 25.7 Å².